The third kappa shape index (κ3) is 6.07. The van der Waals surface area contributed by atoms with E-state index in [0.29, 0.717) is 5.75 Å². The number of carbonyl (C=O) groups is 2. The minimum atomic E-state index is -3.90. The van der Waals surface area contributed by atoms with Gasteiger partial charge in [-0.2, -0.15) is 0 Å². The number of rotatable bonds is 7. The van der Waals surface area contributed by atoms with Crippen LogP contribution < -0.4 is 15.2 Å². The largest absolute Gasteiger partial charge is 0.479 e. The van der Waals surface area contributed by atoms with Crippen molar-refractivity contribution < 1.29 is 27.5 Å². The van der Waals surface area contributed by atoms with E-state index in [-0.39, 0.29) is 10.6 Å². The topological polar surface area (TPSA) is 125 Å². The van der Waals surface area contributed by atoms with Crippen LogP contribution in [0.15, 0.2) is 53.4 Å². The van der Waals surface area contributed by atoms with E-state index in [9.17, 15) is 18.0 Å². The molecule has 0 bridgehead atoms. The maximum atomic E-state index is 12.2. The summed E-state index contributed by atoms with van der Waals surface area (Å²) in [6.07, 6.45) is -2.03. The number of nitrogens with two attached hydrogens (primary N) is 1. The van der Waals surface area contributed by atoms with Crippen LogP contribution in [0.5, 0.6) is 5.75 Å². The Morgan fingerprint density at radius 2 is 1.71 bits per heavy atom. The van der Waals surface area contributed by atoms with Gasteiger partial charge in [0.15, 0.2) is 12.2 Å². The molecule has 0 aliphatic rings. The summed E-state index contributed by atoms with van der Waals surface area (Å²) in [7, 11) is -3.90. The first kappa shape index (κ1) is 21.4. The van der Waals surface area contributed by atoms with Gasteiger partial charge in [0.25, 0.3) is 5.91 Å². The first-order valence-electron chi connectivity index (χ1n) is 8.44. The number of primary sulfonamides is 1. The summed E-state index contributed by atoms with van der Waals surface area (Å²) in [5.41, 5.74) is 1.19. The summed E-state index contributed by atoms with van der Waals surface area (Å²) in [5.74, 6) is -0.813. The Balaban J connectivity index is 1.95. The van der Waals surface area contributed by atoms with Crippen LogP contribution in [0.1, 0.15) is 19.4 Å². The molecule has 0 heterocycles. The fraction of sp³-hybridized carbons (Fsp3) is 0.263. The minimum absolute atomic E-state index is 0.143. The molecule has 0 radical (unpaired) electrons. The van der Waals surface area contributed by atoms with Gasteiger partial charge >= 0.3 is 5.97 Å². The lowest BCUT2D eigenvalue weighted by atomic mass is 10.2. The van der Waals surface area contributed by atoms with Gasteiger partial charge in [0.05, 0.1) is 4.90 Å². The number of hydrogen-bond acceptors (Lipinski definition) is 6. The van der Waals surface area contributed by atoms with Crippen LogP contribution in [0, 0.1) is 6.92 Å². The maximum absolute atomic E-state index is 12.2. The Morgan fingerprint density at radius 1 is 1.04 bits per heavy atom. The molecule has 3 N–H and O–H groups in total. The van der Waals surface area contributed by atoms with E-state index >= 15 is 0 Å². The van der Waals surface area contributed by atoms with Gasteiger partial charge in [0, 0.05) is 5.69 Å². The highest BCUT2D eigenvalue weighted by Crippen LogP contribution is 2.16. The average Bonchev–Trinajstić information content (AvgIpc) is 2.61. The second kappa shape index (κ2) is 8.85. The van der Waals surface area contributed by atoms with Gasteiger partial charge in [0.2, 0.25) is 10.0 Å². The summed E-state index contributed by atoms with van der Waals surface area (Å²) >= 11 is 0. The molecule has 2 rings (SSSR count). The molecule has 2 atom stereocenters. The number of ether oxygens (including phenoxy) is 2. The van der Waals surface area contributed by atoms with Crippen molar-refractivity contribution in [2.45, 2.75) is 37.9 Å². The summed E-state index contributed by atoms with van der Waals surface area (Å²) in [6, 6.07) is 12.6. The van der Waals surface area contributed by atoms with Crippen molar-refractivity contribution >= 4 is 27.6 Å². The van der Waals surface area contributed by atoms with E-state index < -0.39 is 34.1 Å². The van der Waals surface area contributed by atoms with Gasteiger partial charge in [0.1, 0.15) is 5.75 Å². The van der Waals surface area contributed by atoms with Gasteiger partial charge in [-0.1, -0.05) is 18.2 Å². The van der Waals surface area contributed by atoms with Crippen LogP contribution in [0.4, 0.5) is 5.69 Å². The van der Waals surface area contributed by atoms with Crippen molar-refractivity contribution in [3.63, 3.8) is 0 Å². The number of benzene rings is 2. The maximum Gasteiger partial charge on any atom is 0.347 e. The predicted octanol–water partition coefficient (Wildman–Crippen LogP) is 1.98. The van der Waals surface area contributed by atoms with Crippen molar-refractivity contribution in [3.8, 4) is 5.75 Å². The SMILES string of the molecule is Cc1cccc(O[C@H](C)C(=O)O[C@@H](C)C(=O)Nc2cccc(S(N)(=O)=O)c2)c1. The summed E-state index contributed by atoms with van der Waals surface area (Å²) in [6.45, 7) is 4.81. The molecule has 150 valence electrons. The minimum Gasteiger partial charge on any atom is -0.479 e. The monoisotopic (exact) mass is 406 g/mol. The van der Waals surface area contributed by atoms with Crippen molar-refractivity contribution in [2.24, 2.45) is 5.14 Å². The number of nitrogens with one attached hydrogen (secondary N) is 1. The zero-order chi connectivity index (χ0) is 20.9. The highest BCUT2D eigenvalue weighted by Gasteiger charge is 2.23. The molecule has 2 aromatic rings. The van der Waals surface area contributed by atoms with E-state index in [1.54, 1.807) is 18.2 Å². The standard InChI is InChI=1S/C19H22N2O6S/c1-12-6-4-8-16(10-12)26-14(3)19(23)27-13(2)18(22)21-15-7-5-9-17(11-15)28(20,24)25/h4-11,13-14H,1-3H3,(H,21,22)(H2,20,24,25)/t13-,14+/m0/s1. The average molecular weight is 406 g/mol. The van der Waals surface area contributed by atoms with Crippen LogP contribution >= 0.6 is 0 Å². The molecule has 0 saturated carbocycles. The van der Waals surface area contributed by atoms with Gasteiger partial charge in [-0.05, 0) is 56.7 Å². The Hall–Kier alpha value is -2.91. The third-order valence-electron chi connectivity index (χ3n) is 3.73. The first-order chi connectivity index (χ1) is 13.1. The number of sulfonamides is 1. The number of hydrogen-bond donors (Lipinski definition) is 2. The Labute approximate surface area is 163 Å². The van der Waals surface area contributed by atoms with Crippen LogP contribution in [0.2, 0.25) is 0 Å². The van der Waals surface area contributed by atoms with Gasteiger partial charge in [-0.3, -0.25) is 4.79 Å². The highest BCUT2D eigenvalue weighted by molar-refractivity contribution is 7.89. The van der Waals surface area contributed by atoms with E-state index in [2.05, 4.69) is 5.32 Å². The molecule has 8 nitrogen and oxygen atoms in total. The lowest BCUT2D eigenvalue weighted by Gasteiger charge is -2.18. The highest BCUT2D eigenvalue weighted by atomic mass is 32.2. The van der Waals surface area contributed by atoms with Crippen molar-refractivity contribution in [2.75, 3.05) is 5.32 Å². The van der Waals surface area contributed by atoms with Crippen molar-refractivity contribution in [3.05, 3.63) is 54.1 Å². The molecule has 9 heteroatoms. The second-order valence-corrected chi connectivity index (χ2v) is 7.78. The van der Waals surface area contributed by atoms with E-state index in [4.69, 9.17) is 14.6 Å². The molecule has 0 unspecified atom stereocenters. The Kier molecular flexibility index (Phi) is 6.76. The molecule has 0 aliphatic heterocycles. The quantitative estimate of drug-likeness (QED) is 0.678. The molecular weight excluding hydrogens is 384 g/mol. The van der Waals surface area contributed by atoms with Crippen LogP contribution in [0.3, 0.4) is 0 Å². The Bertz CT molecular complexity index is 974. The Morgan fingerprint density at radius 3 is 2.36 bits per heavy atom. The molecule has 0 fully saturated rings. The smallest absolute Gasteiger partial charge is 0.347 e. The number of esters is 1. The molecule has 1 amide bonds. The first-order valence-corrected chi connectivity index (χ1v) is 9.98. The summed E-state index contributed by atoms with van der Waals surface area (Å²) < 4.78 is 33.4. The second-order valence-electron chi connectivity index (χ2n) is 6.22. The summed E-state index contributed by atoms with van der Waals surface area (Å²) in [4.78, 5) is 24.2. The zero-order valence-corrected chi connectivity index (χ0v) is 16.5. The molecule has 2 aromatic carbocycles. The number of aryl methyl sites for hydroxylation is 1. The molecular formula is C19H22N2O6S. The van der Waals surface area contributed by atoms with Gasteiger partial charge < -0.3 is 14.8 Å². The van der Waals surface area contributed by atoms with Crippen molar-refractivity contribution in [1.82, 2.24) is 0 Å². The molecule has 0 aromatic heterocycles. The van der Waals surface area contributed by atoms with Crippen LogP contribution in [-0.4, -0.2) is 32.5 Å². The lowest BCUT2D eigenvalue weighted by molar-refractivity contribution is -0.159. The fourth-order valence-corrected chi connectivity index (χ4v) is 2.82. The zero-order valence-electron chi connectivity index (χ0n) is 15.7. The number of amides is 1. The molecule has 0 aliphatic carbocycles. The van der Waals surface area contributed by atoms with Crippen molar-refractivity contribution in [1.29, 1.82) is 0 Å². The normalized spacial score (nSPS) is 13.3. The number of anilines is 1. The van der Waals surface area contributed by atoms with E-state index in [1.165, 1.54) is 38.1 Å². The van der Waals surface area contributed by atoms with E-state index in [1.807, 2.05) is 13.0 Å². The van der Waals surface area contributed by atoms with Crippen LogP contribution in [0.25, 0.3) is 0 Å². The summed E-state index contributed by atoms with van der Waals surface area (Å²) in [5, 5.41) is 7.54. The molecule has 0 saturated heterocycles. The number of carbonyl (C=O) groups excluding carboxylic acids is 2. The molecule has 0 spiro atoms. The molecule has 28 heavy (non-hydrogen) atoms. The fourth-order valence-electron chi connectivity index (χ4n) is 2.26. The van der Waals surface area contributed by atoms with Gasteiger partial charge in [-0.15, -0.1) is 0 Å². The van der Waals surface area contributed by atoms with Gasteiger partial charge in [-0.25, -0.2) is 18.4 Å². The third-order valence-corrected chi connectivity index (χ3v) is 4.64. The predicted molar refractivity (Wildman–Crippen MR) is 103 cm³/mol. The van der Waals surface area contributed by atoms with E-state index in [0.717, 1.165) is 5.56 Å². The van der Waals surface area contributed by atoms with Crippen LogP contribution in [-0.2, 0) is 24.3 Å². The lowest BCUT2D eigenvalue weighted by Crippen LogP contribution is -2.35.